The summed E-state index contributed by atoms with van der Waals surface area (Å²) in [6.07, 6.45) is 0. The fourth-order valence-corrected chi connectivity index (χ4v) is 7.30. The van der Waals surface area contributed by atoms with Gasteiger partial charge in [-0.3, -0.25) is 0 Å². The van der Waals surface area contributed by atoms with Crippen LogP contribution in [0, 0.1) is 0 Å². The predicted molar refractivity (Wildman–Crippen MR) is 195 cm³/mol. The number of rotatable bonds is 3. The van der Waals surface area contributed by atoms with Gasteiger partial charge in [0.05, 0.1) is 10.9 Å². The molecule has 11 aromatic rings. The molecule has 6 nitrogen and oxygen atoms in total. The Kier molecular flexibility index (Phi) is 5.29. The minimum atomic E-state index is 0.538. The number of hydrogen-bond donors (Lipinski definition) is 0. The molecule has 0 aliphatic rings. The van der Waals surface area contributed by atoms with Crippen LogP contribution in [0.25, 0.3) is 111 Å². The van der Waals surface area contributed by atoms with Crippen LogP contribution in [-0.2, 0) is 0 Å². The molecule has 0 saturated heterocycles. The summed E-state index contributed by atoms with van der Waals surface area (Å²) in [6, 6.07) is 46.9. The first-order chi connectivity index (χ1) is 24.3. The maximum atomic E-state index is 6.78. The van der Waals surface area contributed by atoms with Gasteiger partial charge in [0.15, 0.2) is 17.5 Å². The van der Waals surface area contributed by atoms with Gasteiger partial charge >= 0.3 is 0 Å². The molecule has 0 N–H and O–H groups in total. The second kappa shape index (κ2) is 9.86. The molecule has 4 aromatic heterocycles. The van der Waals surface area contributed by atoms with Crippen LogP contribution < -0.4 is 0 Å². The van der Waals surface area contributed by atoms with Crippen molar-refractivity contribution in [3.8, 4) is 34.2 Å². The molecule has 0 bridgehead atoms. The van der Waals surface area contributed by atoms with E-state index in [-0.39, 0.29) is 0 Å². The van der Waals surface area contributed by atoms with E-state index >= 15 is 0 Å². The Labute approximate surface area is 277 Å². The molecule has 0 aliphatic heterocycles. The smallest absolute Gasteiger partial charge is 0.167 e. The Balaban J connectivity index is 1.17. The molecule has 0 radical (unpaired) electrons. The van der Waals surface area contributed by atoms with Gasteiger partial charge in [0.2, 0.25) is 0 Å². The molecule has 0 atom stereocenters. The average Bonchev–Trinajstić information content (AvgIpc) is 3.86. The Bertz CT molecular complexity index is 3120. The van der Waals surface area contributed by atoms with Gasteiger partial charge in [0.1, 0.15) is 33.5 Å². The number of aromatic nitrogens is 3. The van der Waals surface area contributed by atoms with Crippen LogP contribution in [0.5, 0.6) is 0 Å². The molecular weight excluding hydrogens is 606 g/mol. The molecule has 49 heavy (non-hydrogen) atoms. The third kappa shape index (κ3) is 3.79. The van der Waals surface area contributed by atoms with Crippen LogP contribution in [-0.4, -0.2) is 15.0 Å². The fraction of sp³-hybridized carbons (Fsp3) is 0. The van der Waals surface area contributed by atoms with E-state index in [1.165, 1.54) is 0 Å². The summed E-state index contributed by atoms with van der Waals surface area (Å²) in [7, 11) is 0. The topological polar surface area (TPSA) is 78.1 Å². The summed E-state index contributed by atoms with van der Waals surface area (Å²) in [5.41, 5.74) is 7.32. The Morgan fingerprint density at radius 2 is 0.898 bits per heavy atom. The van der Waals surface area contributed by atoms with Crippen LogP contribution in [0.2, 0.25) is 0 Å². The highest BCUT2D eigenvalue weighted by Gasteiger charge is 2.22. The van der Waals surface area contributed by atoms with Crippen LogP contribution in [0.1, 0.15) is 0 Å². The summed E-state index contributed by atoms with van der Waals surface area (Å²) >= 11 is 0. The Morgan fingerprint density at radius 3 is 1.73 bits per heavy atom. The minimum Gasteiger partial charge on any atom is -0.455 e. The first-order valence-corrected chi connectivity index (χ1v) is 16.2. The van der Waals surface area contributed by atoms with E-state index in [2.05, 4.69) is 54.6 Å². The van der Waals surface area contributed by atoms with Crippen molar-refractivity contribution in [3.63, 3.8) is 0 Å². The predicted octanol–water partition coefficient (Wildman–Crippen LogP) is 11.7. The number of hydrogen-bond acceptors (Lipinski definition) is 6. The Morgan fingerprint density at radius 1 is 0.327 bits per heavy atom. The van der Waals surface area contributed by atoms with Crippen LogP contribution in [0.15, 0.2) is 153 Å². The van der Waals surface area contributed by atoms with E-state index in [9.17, 15) is 0 Å². The number of furan rings is 3. The van der Waals surface area contributed by atoms with E-state index in [1.54, 1.807) is 0 Å². The van der Waals surface area contributed by atoms with Crippen molar-refractivity contribution in [3.05, 3.63) is 140 Å². The first-order valence-electron chi connectivity index (χ1n) is 16.2. The van der Waals surface area contributed by atoms with Gasteiger partial charge in [-0.2, -0.15) is 0 Å². The normalized spacial score (nSPS) is 12.1. The van der Waals surface area contributed by atoms with Crippen LogP contribution >= 0.6 is 0 Å². The Hall–Kier alpha value is -6.79. The molecule has 0 fully saturated rings. The van der Waals surface area contributed by atoms with Gasteiger partial charge in [0.25, 0.3) is 0 Å². The summed E-state index contributed by atoms with van der Waals surface area (Å²) in [6.45, 7) is 0. The van der Waals surface area contributed by atoms with Crippen molar-refractivity contribution in [2.24, 2.45) is 0 Å². The van der Waals surface area contributed by atoms with E-state index in [0.717, 1.165) is 93.3 Å². The zero-order chi connectivity index (χ0) is 32.1. The zero-order valence-corrected chi connectivity index (χ0v) is 25.8. The van der Waals surface area contributed by atoms with Crippen molar-refractivity contribution >= 4 is 76.6 Å². The van der Waals surface area contributed by atoms with E-state index < -0.39 is 0 Å². The lowest BCUT2D eigenvalue weighted by Gasteiger charge is -2.09. The van der Waals surface area contributed by atoms with E-state index in [0.29, 0.717) is 17.5 Å². The van der Waals surface area contributed by atoms with Crippen molar-refractivity contribution in [1.82, 2.24) is 15.0 Å². The molecular formula is C43H23N3O3. The maximum Gasteiger partial charge on any atom is 0.167 e. The maximum absolute atomic E-state index is 6.78. The SMILES string of the molecule is c1ccc(-c2nc(-c3ccc4c(c3)oc3c4c4ccccc4c4oc5ccccc5c43)nc(-c3cccc4c3oc3ccccc34)n2)cc1. The lowest BCUT2D eigenvalue weighted by molar-refractivity contribution is 0.665. The molecule has 0 aliphatic carbocycles. The highest BCUT2D eigenvalue weighted by Crippen LogP contribution is 2.45. The van der Waals surface area contributed by atoms with Crippen LogP contribution in [0.4, 0.5) is 0 Å². The third-order valence-corrected chi connectivity index (χ3v) is 9.52. The number of nitrogens with zero attached hydrogens (tertiary/aromatic N) is 3. The van der Waals surface area contributed by atoms with Gasteiger partial charge in [-0.05, 0) is 35.7 Å². The van der Waals surface area contributed by atoms with Gasteiger partial charge in [0, 0.05) is 43.4 Å². The van der Waals surface area contributed by atoms with Crippen molar-refractivity contribution < 1.29 is 13.3 Å². The molecule has 4 heterocycles. The molecule has 0 saturated carbocycles. The summed E-state index contributed by atoms with van der Waals surface area (Å²) in [4.78, 5) is 15.1. The van der Waals surface area contributed by atoms with Crippen molar-refractivity contribution in [2.75, 3.05) is 0 Å². The highest BCUT2D eigenvalue weighted by molar-refractivity contribution is 6.33. The second-order valence-electron chi connectivity index (χ2n) is 12.3. The van der Waals surface area contributed by atoms with Gasteiger partial charge in [-0.25, -0.2) is 15.0 Å². The summed E-state index contributed by atoms with van der Waals surface area (Å²) in [5.74, 6) is 1.66. The average molecular weight is 630 g/mol. The summed E-state index contributed by atoms with van der Waals surface area (Å²) < 4.78 is 19.6. The molecule has 228 valence electrons. The second-order valence-corrected chi connectivity index (χ2v) is 12.3. The molecule has 6 heteroatoms. The molecule has 0 unspecified atom stereocenters. The number of fused-ring (bicyclic) bond motifs is 13. The first kappa shape index (κ1) is 26.3. The number of para-hydroxylation sites is 3. The standard InChI is InChI=1S/C43H23N3O3/c1-2-11-24(12-3-1)41-44-42(46-43(45-41)32-18-10-17-28-26-13-6-8-19-33(26)47-38(28)32)25-21-22-31-35(23-25)49-40-36(31)27-14-4-5-15-29(27)39-37(40)30-16-7-9-20-34(30)48-39/h1-23H. The lowest BCUT2D eigenvalue weighted by Crippen LogP contribution is -2.00. The van der Waals surface area contributed by atoms with Gasteiger partial charge < -0.3 is 13.3 Å². The summed E-state index contributed by atoms with van der Waals surface area (Å²) in [5, 5.41) is 8.31. The number of benzene rings is 7. The lowest BCUT2D eigenvalue weighted by atomic mass is 9.99. The highest BCUT2D eigenvalue weighted by atomic mass is 16.3. The monoisotopic (exact) mass is 629 g/mol. The zero-order valence-electron chi connectivity index (χ0n) is 25.8. The van der Waals surface area contributed by atoms with Crippen LogP contribution in [0.3, 0.4) is 0 Å². The van der Waals surface area contributed by atoms with Crippen molar-refractivity contribution in [2.45, 2.75) is 0 Å². The van der Waals surface area contributed by atoms with Gasteiger partial charge in [-0.15, -0.1) is 0 Å². The molecule has 11 rings (SSSR count). The third-order valence-electron chi connectivity index (χ3n) is 9.52. The van der Waals surface area contributed by atoms with E-state index in [4.69, 9.17) is 28.2 Å². The quantitative estimate of drug-likeness (QED) is 0.193. The molecule has 7 aromatic carbocycles. The molecule has 0 amide bonds. The minimum absolute atomic E-state index is 0.538. The van der Waals surface area contributed by atoms with Gasteiger partial charge in [-0.1, -0.05) is 109 Å². The largest absolute Gasteiger partial charge is 0.455 e. The fourth-order valence-electron chi connectivity index (χ4n) is 7.30. The van der Waals surface area contributed by atoms with Crippen molar-refractivity contribution in [1.29, 1.82) is 0 Å². The molecule has 0 spiro atoms. The van der Waals surface area contributed by atoms with E-state index in [1.807, 2.05) is 84.9 Å².